The number of benzene rings is 1. The lowest BCUT2D eigenvalue weighted by atomic mass is 10.2. The molecule has 0 radical (unpaired) electrons. The van der Waals surface area contributed by atoms with Crippen LogP contribution in [0.3, 0.4) is 0 Å². The van der Waals surface area contributed by atoms with Crippen LogP contribution in [0.2, 0.25) is 0 Å². The van der Waals surface area contributed by atoms with Crippen LogP contribution in [0.1, 0.15) is 38.6 Å². The largest absolute Gasteiger partial charge is 0.444 e. The molecule has 0 saturated heterocycles. The van der Waals surface area contributed by atoms with E-state index in [-0.39, 0.29) is 18.9 Å². The average molecular weight is 370 g/mol. The number of alkyl carbamates (subject to hydrolysis) is 1. The minimum Gasteiger partial charge on any atom is -0.444 e. The standard InChI is InChI=1S/C19H22N4O4/c1-12-15(11-21-18(25)27-19(2,3)4)23-17(26-12)13-5-7-14(8-6-13)22-16(24)9-10-20/h5-8H,9,11H2,1-4H3,(H,21,25)(H,22,24). The molecule has 0 bridgehead atoms. The quantitative estimate of drug-likeness (QED) is 0.831. The van der Waals surface area contributed by atoms with Crippen molar-refractivity contribution in [2.75, 3.05) is 5.32 Å². The number of nitrogens with one attached hydrogen (secondary N) is 2. The van der Waals surface area contributed by atoms with E-state index in [1.54, 1.807) is 58.0 Å². The Morgan fingerprint density at radius 3 is 2.52 bits per heavy atom. The molecular weight excluding hydrogens is 348 g/mol. The predicted octanol–water partition coefficient (Wildman–Crippen LogP) is 3.53. The van der Waals surface area contributed by atoms with Gasteiger partial charge in [-0.25, -0.2) is 9.78 Å². The zero-order chi connectivity index (χ0) is 20.0. The van der Waals surface area contributed by atoms with Crippen LogP contribution in [-0.4, -0.2) is 22.6 Å². The van der Waals surface area contributed by atoms with Crippen molar-refractivity contribution in [1.29, 1.82) is 5.26 Å². The lowest BCUT2D eigenvalue weighted by molar-refractivity contribution is -0.115. The number of carbonyl (C=O) groups excluding carboxylic acids is 2. The number of ether oxygens (including phenoxy) is 1. The average Bonchev–Trinajstić information content (AvgIpc) is 2.93. The lowest BCUT2D eigenvalue weighted by Crippen LogP contribution is -2.32. The molecule has 2 aromatic rings. The number of aryl methyl sites for hydroxylation is 1. The summed E-state index contributed by atoms with van der Waals surface area (Å²) in [5.74, 6) is 0.628. The molecule has 2 rings (SSSR count). The van der Waals surface area contributed by atoms with Crippen LogP contribution in [0.25, 0.3) is 11.5 Å². The van der Waals surface area contributed by atoms with Crippen LogP contribution in [0.15, 0.2) is 28.7 Å². The highest BCUT2D eigenvalue weighted by Gasteiger charge is 2.17. The Labute approximate surface area is 157 Å². The summed E-state index contributed by atoms with van der Waals surface area (Å²) in [5.41, 5.74) is 1.33. The van der Waals surface area contributed by atoms with E-state index in [4.69, 9.17) is 14.4 Å². The molecular formula is C19H22N4O4. The third kappa shape index (κ3) is 6.15. The third-order valence-corrected chi connectivity index (χ3v) is 3.35. The molecule has 1 aromatic heterocycles. The lowest BCUT2D eigenvalue weighted by Gasteiger charge is -2.19. The first-order valence-corrected chi connectivity index (χ1v) is 8.38. The highest BCUT2D eigenvalue weighted by Crippen LogP contribution is 2.23. The summed E-state index contributed by atoms with van der Waals surface area (Å²) < 4.78 is 10.8. The Morgan fingerprint density at radius 2 is 1.93 bits per heavy atom. The van der Waals surface area contributed by atoms with E-state index in [1.807, 2.05) is 0 Å². The van der Waals surface area contributed by atoms with E-state index in [9.17, 15) is 9.59 Å². The van der Waals surface area contributed by atoms with Gasteiger partial charge in [0.25, 0.3) is 0 Å². The molecule has 27 heavy (non-hydrogen) atoms. The summed E-state index contributed by atoms with van der Waals surface area (Å²) in [7, 11) is 0. The van der Waals surface area contributed by atoms with E-state index in [1.165, 1.54) is 0 Å². The van der Waals surface area contributed by atoms with Gasteiger partial charge in [0.05, 0.1) is 12.6 Å². The van der Waals surface area contributed by atoms with Crippen LogP contribution in [0, 0.1) is 18.3 Å². The Balaban J connectivity index is 2.02. The number of nitrogens with zero attached hydrogens (tertiary/aromatic N) is 2. The monoisotopic (exact) mass is 370 g/mol. The van der Waals surface area contributed by atoms with Crippen molar-refractivity contribution in [2.24, 2.45) is 0 Å². The molecule has 0 aliphatic carbocycles. The number of aromatic nitrogens is 1. The number of hydrogen-bond donors (Lipinski definition) is 2. The number of nitriles is 1. The number of oxazole rings is 1. The maximum atomic E-state index is 11.7. The van der Waals surface area contributed by atoms with Gasteiger partial charge in [-0.2, -0.15) is 5.26 Å². The van der Waals surface area contributed by atoms with Crippen LogP contribution in [0.4, 0.5) is 10.5 Å². The van der Waals surface area contributed by atoms with Gasteiger partial charge in [0.1, 0.15) is 23.5 Å². The highest BCUT2D eigenvalue weighted by atomic mass is 16.6. The highest BCUT2D eigenvalue weighted by molar-refractivity contribution is 5.92. The van der Waals surface area contributed by atoms with Crippen molar-refractivity contribution in [2.45, 2.75) is 46.3 Å². The van der Waals surface area contributed by atoms with Gasteiger partial charge >= 0.3 is 6.09 Å². The Bertz CT molecular complexity index is 857. The van der Waals surface area contributed by atoms with Crippen LogP contribution in [-0.2, 0) is 16.1 Å². The van der Waals surface area contributed by atoms with Crippen molar-refractivity contribution in [3.05, 3.63) is 35.7 Å². The van der Waals surface area contributed by atoms with Crippen molar-refractivity contribution in [3.8, 4) is 17.5 Å². The Morgan fingerprint density at radius 1 is 1.26 bits per heavy atom. The second-order valence-electron chi connectivity index (χ2n) is 6.84. The van der Waals surface area contributed by atoms with Gasteiger partial charge < -0.3 is 19.8 Å². The topological polar surface area (TPSA) is 117 Å². The summed E-state index contributed by atoms with van der Waals surface area (Å²) in [5, 5.41) is 13.8. The fourth-order valence-electron chi connectivity index (χ4n) is 2.16. The molecule has 2 amide bonds. The fourth-order valence-corrected chi connectivity index (χ4v) is 2.16. The molecule has 0 aliphatic heterocycles. The first-order valence-electron chi connectivity index (χ1n) is 8.38. The number of hydrogen-bond acceptors (Lipinski definition) is 6. The zero-order valence-corrected chi connectivity index (χ0v) is 15.8. The molecule has 1 heterocycles. The fraction of sp³-hybridized carbons (Fsp3) is 0.368. The molecule has 0 atom stereocenters. The Hall–Kier alpha value is -3.34. The van der Waals surface area contributed by atoms with E-state index >= 15 is 0 Å². The summed E-state index contributed by atoms with van der Waals surface area (Å²) >= 11 is 0. The van der Waals surface area contributed by atoms with Gasteiger partial charge in [-0.05, 0) is 52.0 Å². The van der Waals surface area contributed by atoms with Gasteiger partial charge in [0.15, 0.2) is 0 Å². The molecule has 0 aliphatic rings. The van der Waals surface area contributed by atoms with Gasteiger partial charge in [0, 0.05) is 11.3 Å². The van der Waals surface area contributed by atoms with E-state index in [0.29, 0.717) is 23.0 Å². The smallest absolute Gasteiger partial charge is 0.407 e. The van der Waals surface area contributed by atoms with Crippen molar-refractivity contribution < 1.29 is 18.7 Å². The molecule has 0 fully saturated rings. The van der Waals surface area contributed by atoms with Crippen LogP contribution in [0.5, 0.6) is 0 Å². The molecule has 142 valence electrons. The molecule has 0 spiro atoms. The normalized spacial score (nSPS) is 10.8. The van der Waals surface area contributed by atoms with Crippen LogP contribution >= 0.6 is 0 Å². The van der Waals surface area contributed by atoms with Gasteiger partial charge in [0.2, 0.25) is 11.8 Å². The van der Waals surface area contributed by atoms with Gasteiger partial charge in [-0.3, -0.25) is 4.79 Å². The molecule has 2 N–H and O–H groups in total. The zero-order valence-electron chi connectivity index (χ0n) is 15.8. The summed E-state index contributed by atoms with van der Waals surface area (Å²) in [4.78, 5) is 27.6. The minimum atomic E-state index is -0.571. The maximum Gasteiger partial charge on any atom is 0.407 e. The van der Waals surface area contributed by atoms with E-state index in [0.717, 1.165) is 5.56 Å². The number of carbonyl (C=O) groups is 2. The van der Waals surface area contributed by atoms with Gasteiger partial charge in [-0.15, -0.1) is 0 Å². The second-order valence-corrected chi connectivity index (χ2v) is 6.84. The first kappa shape index (κ1) is 20.0. The SMILES string of the molecule is Cc1oc(-c2ccc(NC(=O)CC#N)cc2)nc1CNC(=O)OC(C)(C)C. The second kappa shape index (κ2) is 8.36. The summed E-state index contributed by atoms with van der Waals surface area (Å²) in [6, 6.07) is 8.68. The predicted molar refractivity (Wildman–Crippen MR) is 98.6 cm³/mol. The Kier molecular flexibility index (Phi) is 6.19. The van der Waals surface area contributed by atoms with E-state index < -0.39 is 11.7 Å². The van der Waals surface area contributed by atoms with Crippen molar-refractivity contribution in [1.82, 2.24) is 10.3 Å². The molecule has 8 nitrogen and oxygen atoms in total. The number of rotatable bonds is 5. The number of anilines is 1. The first-order chi connectivity index (χ1) is 12.7. The summed E-state index contributed by atoms with van der Waals surface area (Å²) in [6.45, 7) is 7.32. The molecule has 8 heteroatoms. The molecule has 0 saturated carbocycles. The number of amides is 2. The van der Waals surface area contributed by atoms with Gasteiger partial charge in [-0.1, -0.05) is 0 Å². The minimum absolute atomic E-state index is 0.187. The molecule has 0 unspecified atom stereocenters. The van der Waals surface area contributed by atoms with Crippen LogP contribution < -0.4 is 10.6 Å². The maximum absolute atomic E-state index is 11.7. The van der Waals surface area contributed by atoms with E-state index in [2.05, 4.69) is 15.6 Å². The molecule has 1 aromatic carbocycles. The summed E-state index contributed by atoms with van der Waals surface area (Å²) in [6.07, 6.45) is -0.724. The van der Waals surface area contributed by atoms with Crippen molar-refractivity contribution in [3.63, 3.8) is 0 Å². The third-order valence-electron chi connectivity index (χ3n) is 3.35. The van der Waals surface area contributed by atoms with Crippen molar-refractivity contribution >= 4 is 17.7 Å².